The molecule has 0 amide bonds. The maximum atomic E-state index is 2.64. The molecular formula is C16H25N. The molecule has 17 heavy (non-hydrogen) atoms. The minimum atomic E-state index is 0.930. The van der Waals surface area contributed by atoms with Gasteiger partial charge in [0.25, 0.3) is 0 Å². The Morgan fingerprint density at radius 1 is 1.12 bits per heavy atom. The van der Waals surface area contributed by atoms with Gasteiger partial charge < -0.3 is 4.90 Å². The Morgan fingerprint density at radius 2 is 1.88 bits per heavy atom. The lowest BCUT2D eigenvalue weighted by Gasteiger charge is -2.19. The van der Waals surface area contributed by atoms with Crippen LogP contribution in [0.5, 0.6) is 0 Å². The van der Waals surface area contributed by atoms with Crippen LogP contribution in [0.15, 0.2) is 24.3 Å². The lowest BCUT2D eigenvalue weighted by atomic mass is 10.0. The van der Waals surface area contributed by atoms with E-state index in [4.69, 9.17) is 0 Å². The van der Waals surface area contributed by atoms with E-state index in [0.29, 0.717) is 0 Å². The molecule has 1 aromatic carbocycles. The van der Waals surface area contributed by atoms with Crippen molar-refractivity contribution in [1.29, 1.82) is 0 Å². The summed E-state index contributed by atoms with van der Waals surface area (Å²) in [5.74, 6) is 0.930. The molecule has 1 aromatic rings. The third kappa shape index (κ3) is 4.16. The van der Waals surface area contributed by atoms with E-state index in [1.807, 2.05) is 0 Å². The van der Waals surface area contributed by atoms with Gasteiger partial charge >= 0.3 is 0 Å². The Bertz CT molecular complexity index is 328. The van der Waals surface area contributed by atoms with Gasteiger partial charge in [0.1, 0.15) is 0 Å². The van der Waals surface area contributed by atoms with E-state index in [-0.39, 0.29) is 0 Å². The van der Waals surface area contributed by atoms with E-state index in [2.05, 4.69) is 43.0 Å². The summed E-state index contributed by atoms with van der Waals surface area (Å²) in [6.07, 6.45) is 5.39. The predicted octanol–water partition coefficient (Wildman–Crippen LogP) is 3.66. The van der Waals surface area contributed by atoms with Crippen molar-refractivity contribution in [2.75, 3.05) is 19.6 Å². The van der Waals surface area contributed by atoms with Gasteiger partial charge in [-0.2, -0.15) is 0 Å². The van der Waals surface area contributed by atoms with Gasteiger partial charge in [0.15, 0.2) is 0 Å². The fraction of sp³-hybridized carbons (Fsp3) is 0.625. The summed E-state index contributed by atoms with van der Waals surface area (Å²) in [7, 11) is 0. The number of hydrogen-bond donors (Lipinski definition) is 0. The largest absolute Gasteiger partial charge is 0.303 e. The van der Waals surface area contributed by atoms with Crippen molar-refractivity contribution in [3.63, 3.8) is 0 Å². The highest BCUT2D eigenvalue weighted by atomic mass is 15.1. The lowest BCUT2D eigenvalue weighted by Crippen LogP contribution is -2.27. The molecule has 0 radical (unpaired) electrons. The first-order valence-corrected chi connectivity index (χ1v) is 7.02. The maximum Gasteiger partial charge on any atom is 0.00218 e. The average Bonchev–Trinajstić information content (AvgIpc) is 2.54. The molecule has 0 saturated carbocycles. The molecule has 1 aliphatic rings. The van der Waals surface area contributed by atoms with Crippen LogP contribution in [0.25, 0.3) is 0 Å². The van der Waals surface area contributed by atoms with E-state index in [0.717, 1.165) is 5.92 Å². The molecule has 94 valence electrons. The quantitative estimate of drug-likeness (QED) is 0.767. The minimum Gasteiger partial charge on any atom is -0.303 e. The first kappa shape index (κ1) is 12.6. The number of likely N-dealkylation sites (tertiary alicyclic amines) is 1. The van der Waals surface area contributed by atoms with Gasteiger partial charge in [-0.3, -0.25) is 0 Å². The molecule has 1 saturated heterocycles. The van der Waals surface area contributed by atoms with Gasteiger partial charge in [-0.25, -0.2) is 0 Å². The molecule has 1 heterocycles. The van der Waals surface area contributed by atoms with E-state index < -0.39 is 0 Å². The molecule has 0 N–H and O–H groups in total. The smallest absolute Gasteiger partial charge is 0.00218 e. The van der Waals surface area contributed by atoms with Crippen molar-refractivity contribution in [3.05, 3.63) is 35.4 Å². The molecule has 1 heteroatoms. The molecule has 0 aromatic heterocycles. The average molecular weight is 231 g/mol. The first-order valence-electron chi connectivity index (χ1n) is 7.02. The summed E-state index contributed by atoms with van der Waals surface area (Å²) in [6, 6.07) is 8.99. The minimum absolute atomic E-state index is 0.930. The standard InChI is InChI=1S/C16H25N/c1-14-4-3-11-17(12-9-14)13-10-16-7-5-15(2)6-8-16/h5-8,14H,3-4,9-13H2,1-2H3. The van der Waals surface area contributed by atoms with Gasteiger partial charge in [0.2, 0.25) is 0 Å². The molecule has 0 bridgehead atoms. The highest BCUT2D eigenvalue weighted by Gasteiger charge is 2.13. The topological polar surface area (TPSA) is 3.24 Å². The van der Waals surface area contributed by atoms with Crippen molar-refractivity contribution in [1.82, 2.24) is 4.90 Å². The van der Waals surface area contributed by atoms with Crippen LogP contribution in [0.3, 0.4) is 0 Å². The number of nitrogens with zero attached hydrogens (tertiary/aromatic N) is 1. The summed E-state index contributed by atoms with van der Waals surface area (Å²) in [5, 5.41) is 0. The zero-order valence-corrected chi connectivity index (χ0v) is 11.3. The van der Waals surface area contributed by atoms with Crippen LogP contribution < -0.4 is 0 Å². The maximum absolute atomic E-state index is 2.64. The SMILES string of the molecule is Cc1ccc(CCN2CCCC(C)CC2)cc1. The summed E-state index contributed by atoms with van der Waals surface area (Å²) < 4.78 is 0. The molecule has 1 atom stereocenters. The van der Waals surface area contributed by atoms with Gasteiger partial charge in [-0.05, 0) is 57.2 Å². The fourth-order valence-corrected chi connectivity index (χ4v) is 2.59. The van der Waals surface area contributed by atoms with Crippen LogP contribution in [0.1, 0.15) is 37.3 Å². The van der Waals surface area contributed by atoms with Gasteiger partial charge in [0.05, 0.1) is 0 Å². The van der Waals surface area contributed by atoms with E-state index in [9.17, 15) is 0 Å². The summed E-state index contributed by atoms with van der Waals surface area (Å²) in [6.45, 7) is 8.38. The Labute approximate surface area is 106 Å². The second-order valence-corrected chi connectivity index (χ2v) is 5.61. The van der Waals surface area contributed by atoms with Gasteiger partial charge in [0, 0.05) is 6.54 Å². The van der Waals surface area contributed by atoms with E-state index in [1.54, 1.807) is 0 Å². The van der Waals surface area contributed by atoms with Crippen LogP contribution in [0.2, 0.25) is 0 Å². The summed E-state index contributed by atoms with van der Waals surface area (Å²) in [5.41, 5.74) is 2.84. The van der Waals surface area contributed by atoms with Crippen LogP contribution >= 0.6 is 0 Å². The van der Waals surface area contributed by atoms with Crippen molar-refractivity contribution in [3.8, 4) is 0 Å². The van der Waals surface area contributed by atoms with Crippen molar-refractivity contribution < 1.29 is 0 Å². The Hall–Kier alpha value is -0.820. The molecule has 0 spiro atoms. The van der Waals surface area contributed by atoms with Gasteiger partial charge in [-0.1, -0.05) is 36.8 Å². The normalized spacial score (nSPS) is 22.4. The third-order valence-corrected chi connectivity index (χ3v) is 3.95. The summed E-state index contributed by atoms with van der Waals surface area (Å²) >= 11 is 0. The molecule has 1 aliphatic heterocycles. The first-order chi connectivity index (χ1) is 8.24. The second-order valence-electron chi connectivity index (χ2n) is 5.61. The zero-order chi connectivity index (χ0) is 12.1. The zero-order valence-electron chi connectivity index (χ0n) is 11.3. The van der Waals surface area contributed by atoms with Crippen LogP contribution in [0, 0.1) is 12.8 Å². The molecule has 2 rings (SSSR count). The predicted molar refractivity (Wildman–Crippen MR) is 74.3 cm³/mol. The number of benzene rings is 1. The molecule has 1 fully saturated rings. The highest BCUT2D eigenvalue weighted by molar-refractivity contribution is 5.21. The van der Waals surface area contributed by atoms with E-state index >= 15 is 0 Å². The fourth-order valence-electron chi connectivity index (χ4n) is 2.59. The second kappa shape index (κ2) is 6.20. The van der Waals surface area contributed by atoms with Crippen molar-refractivity contribution in [2.24, 2.45) is 5.92 Å². The van der Waals surface area contributed by atoms with Crippen LogP contribution in [0.4, 0.5) is 0 Å². The molecular weight excluding hydrogens is 206 g/mol. The number of hydrogen-bond acceptors (Lipinski definition) is 1. The number of aryl methyl sites for hydroxylation is 1. The Morgan fingerprint density at radius 3 is 2.65 bits per heavy atom. The van der Waals surface area contributed by atoms with Crippen LogP contribution in [-0.2, 0) is 6.42 Å². The molecule has 1 unspecified atom stereocenters. The monoisotopic (exact) mass is 231 g/mol. The summed E-state index contributed by atoms with van der Waals surface area (Å²) in [4.78, 5) is 2.64. The molecule has 0 aliphatic carbocycles. The Balaban J connectivity index is 1.79. The van der Waals surface area contributed by atoms with Crippen LogP contribution in [-0.4, -0.2) is 24.5 Å². The van der Waals surface area contributed by atoms with Crippen molar-refractivity contribution >= 4 is 0 Å². The third-order valence-electron chi connectivity index (χ3n) is 3.95. The van der Waals surface area contributed by atoms with Gasteiger partial charge in [-0.15, -0.1) is 0 Å². The van der Waals surface area contributed by atoms with Crippen molar-refractivity contribution in [2.45, 2.75) is 39.5 Å². The number of rotatable bonds is 3. The Kier molecular flexibility index (Phi) is 4.61. The lowest BCUT2D eigenvalue weighted by molar-refractivity contribution is 0.285. The van der Waals surface area contributed by atoms with E-state index in [1.165, 1.54) is 56.4 Å². The highest BCUT2D eigenvalue weighted by Crippen LogP contribution is 2.16. The molecule has 1 nitrogen and oxygen atoms in total.